The number of benzene rings is 1. The maximum Gasteiger partial charge on any atom is 0.390 e. The summed E-state index contributed by atoms with van der Waals surface area (Å²) in [6.07, 6.45) is 0.358. The summed E-state index contributed by atoms with van der Waals surface area (Å²) in [5.41, 5.74) is 1.44. The van der Waals surface area contributed by atoms with E-state index in [0.717, 1.165) is 0 Å². The highest BCUT2D eigenvalue weighted by Gasteiger charge is 2.27. The van der Waals surface area contributed by atoms with Gasteiger partial charge in [0.15, 0.2) is 6.04 Å². The zero-order valence-electron chi connectivity index (χ0n) is 14.4. The summed E-state index contributed by atoms with van der Waals surface area (Å²) in [7, 11) is 0. The van der Waals surface area contributed by atoms with E-state index in [1.54, 1.807) is 20.8 Å². The molecule has 0 aliphatic heterocycles. The molecule has 0 spiro atoms. The van der Waals surface area contributed by atoms with Gasteiger partial charge in [0.2, 0.25) is 0 Å². The average molecular weight is 368 g/mol. The van der Waals surface area contributed by atoms with Gasteiger partial charge < -0.3 is 20.2 Å². The summed E-state index contributed by atoms with van der Waals surface area (Å²) < 4.78 is 30.1. The van der Waals surface area contributed by atoms with Crippen LogP contribution in [0, 0.1) is 24.0 Å². The van der Waals surface area contributed by atoms with Crippen LogP contribution in [0.1, 0.15) is 30.6 Å². The molecule has 1 amide bonds. The van der Waals surface area contributed by atoms with Crippen molar-refractivity contribution < 1.29 is 23.2 Å². The van der Waals surface area contributed by atoms with Crippen LogP contribution in [0.5, 0.6) is 5.75 Å². The van der Waals surface area contributed by atoms with Crippen molar-refractivity contribution in [2.75, 3.05) is 5.32 Å². The second kappa shape index (κ2) is 7.89. The van der Waals surface area contributed by atoms with Gasteiger partial charge in [-0.2, -0.15) is 13.5 Å². The predicted molar refractivity (Wildman–Crippen MR) is 89.4 cm³/mol. The van der Waals surface area contributed by atoms with E-state index in [2.05, 4.69) is 15.2 Å². The Balaban J connectivity index is 2.21. The van der Waals surface area contributed by atoms with Crippen LogP contribution in [0.15, 0.2) is 24.3 Å². The highest BCUT2D eigenvalue weighted by molar-refractivity contribution is 5.94. The summed E-state index contributed by atoms with van der Waals surface area (Å²) >= 11 is 0. The smallest absolute Gasteiger partial charge is 0.390 e. The van der Waals surface area contributed by atoms with Gasteiger partial charge in [-0.1, -0.05) is 6.92 Å². The quantitative estimate of drug-likeness (QED) is 0.595. The van der Waals surface area contributed by atoms with Crippen molar-refractivity contribution in [2.45, 2.75) is 39.8 Å². The number of nitrogens with one attached hydrogen (secondary N) is 1. The number of halogens is 2. The number of amides is 1. The van der Waals surface area contributed by atoms with Crippen molar-refractivity contribution in [3.8, 4) is 5.75 Å². The van der Waals surface area contributed by atoms with Crippen molar-refractivity contribution >= 4 is 17.4 Å². The van der Waals surface area contributed by atoms with E-state index in [9.17, 15) is 23.7 Å². The third kappa shape index (κ3) is 4.32. The van der Waals surface area contributed by atoms with Gasteiger partial charge in [-0.15, -0.1) is 0 Å². The van der Waals surface area contributed by atoms with Gasteiger partial charge in [-0.3, -0.25) is 4.79 Å². The van der Waals surface area contributed by atoms with Crippen LogP contribution in [0.2, 0.25) is 0 Å². The Morgan fingerprint density at radius 3 is 2.58 bits per heavy atom. The van der Waals surface area contributed by atoms with Gasteiger partial charge >= 0.3 is 12.4 Å². The summed E-state index contributed by atoms with van der Waals surface area (Å²) in [6, 6.07) is 4.69. The molecule has 1 N–H and O–H groups in total. The molecule has 2 rings (SSSR count). The number of hydrogen-bond donors (Lipinski definition) is 1. The molecule has 0 aliphatic rings. The Hall–Kier alpha value is -3.04. The number of nitrogens with zero attached hydrogens (tertiary/aromatic N) is 3. The van der Waals surface area contributed by atoms with Crippen LogP contribution >= 0.6 is 0 Å². The Morgan fingerprint density at radius 2 is 2.08 bits per heavy atom. The number of aromatic nitrogens is 2. The van der Waals surface area contributed by atoms with Crippen molar-refractivity contribution in [3.63, 3.8) is 0 Å². The first-order valence-corrected chi connectivity index (χ1v) is 7.79. The standard InChI is InChI=1S/C16H18F2N4O4/c1-4-13(21-10(3)8-14(20-21)22(24)25)15(23)19-12-6-5-11(7-9(12)2)26-16(17)18/h5-8,13,16H,4H2,1-3H3,(H,19,23). The van der Waals surface area contributed by atoms with Crippen molar-refractivity contribution in [2.24, 2.45) is 0 Å². The minimum Gasteiger partial charge on any atom is -0.435 e. The first kappa shape index (κ1) is 19.3. The number of alkyl halides is 2. The van der Waals surface area contributed by atoms with E-state index in [4.69, 9.17) is 0 Å². The Labute approximate surface area is 147 Å². The second-order valence-electron chi connectivity index (χ2n) is 5.61. The van der Waals surface area contributed by atoms with Crippen LogP contribution in [-0.2, 0) is 4.79 Å². The topological polar surface area (TPSA) is 99.3 Å². The SMILES string of the molecule is CCC(C(=O)Nc1ccc(OC(F)F)cc1C)n1nc([N+](=O)[O-])cc1C. The molecule has 0 saturated heterocycles. The molecule has 0 aliphatic carbocycles. The van der Waals surface area contributed by atoms with E-state index in [1.165, 1.54) is 28.9 Å². The van der Waals surface area contributed by atoms with Gasteiger partial charge in [0.05, 0.1) is 16.9 Å². The average Bonchev–Trinajstić information content (AvgIpc) is 2.92. The summed E-state index contributed by atoms with van der Waals surface area (Å²) in [4.78, 5) is 22.8. The van der Waals surface area contributed by atoms with Crippen LogP contribution in [0.3, 0.4) is 0 Å². The number of aryl methyl sites for hydroxylation is 2. The monoisotopic (exact) mass is 368 g/mol. The summed E-state index contributed by atoms with van der Waals surface area (Å²) in [5.74, 6) is -0.765. The zero-order chi connectivity index (χ0) is 19.4. The van der Waals surface area contributed by atoms with Gasteiger partial charge in [0.1, 0.15) is 5.75 Å². The number of anilines is 1. The molecule has 0 radical (unpaired) electrons. The van der Waals surface area contributed by atoms with Crippen molar-refractivity contribution in [1.82, 2.24) is 9.78 Å². The third-order valence-corrected chi connectivity index (χ3v) is 3.76. The van der Waals surface area contributed by atoms with Crippen LogP contribution < -0.4 is 10.1 Å². The van der Waals surface area contributed by atoms with Crippen molar-refractivity contribution in [1.29, 1.82) is 0 Å². The van der Waals surface area contributed by atoms with Gasteiger partial charge in [-0.25, -0.2) is 0 Å². The highest BCUT2D eigenvalue weighted by Crippen LogP contribution is 2.25. The lowest BCUT2D eigenvalue weighted by atomic mass is 10.1. The zero-order valence-corrected chi connectivity index (χ0v) is 14.4. The Bertz CT molecular complexity index is 823. The van der Waals surface area contributed by atoms with Crippen LogP contribution in [0.25, 0.3) is 0 Å². The largest absolute Gasteiger partial charge is 0.435 e. The Kier molecular flexibility index (Phi) is 5.86. The van der Waals surface area contributed by atoms with Gasteiger partial charge in [0.25, 0.3) is 5.91 Å². The lowest BCUT2D eigenvalue weighted by molar-refractivity contribution is -0.389. The lowest BCUT2D eigenvalue weighted by Gasteiger charge is -2.16. The maximum absolute atomic E-state index is 12.6. The molecule has 2 aromatic rings. The molecule has 1 unspecified atom stereocenters. The number of hydrogen-bond acceptors (Lipinski definition) is 5. The fourth-order valence-electron chi connectivity index (χ4n) is 2.51. The van der Waals surface area contributed by atoms with Crippen LogP contribution in [-0.4, -0.2) is 27.2 Å². The lowest BCUT2D eigenvalue weighted by Crippen LogP contribution is -2.27. The summed E-state index contributed by atoms with van der Waals surface area (Å²) in [6.45, 7) is 2.08. The Morgan fingerprint density at radius 1 is 1.38 bits per heavy atom. The third-order valence-electron chi connectivity index (χ3n) is 3.76. The molecule has 0 fully saturated rings. The van der Waals surface area contributed by atoms with E-state index in [1.807, 2.05) is 0 Å². The van der Waals surface area contributed by atoms with E-state index in [-0.39, 0.29) is 11.6 Å². The minimum absolute atomic E-state index is 0.0129. The molecular weight excluding hydrogens is 350 g/mol. The number of nitro groups is 1. The molecule has 26 heavy (non-hydrogen) atoms. The minimum atomic E-state index is -2.93. The number of ether oxygens (including phenoxy) is 1. The van der Waals surface area contributed by atoms with E-state index in [0.29, 0.717) is 23.4 Å². The molecule has 1 aromatic carbocycles. The molecule has 1 atom stereocenters. The highest BCUT2D eigenvalue weighted by atomic mass is 19.3. The number of carbonyl (C=O) groups is 1. The molecule has 1 aromatic heterocycles. The molecule has 8 nitrogen and oxygen atoms in total. The fraction of sp³-hybridized carbons (Fsp3) is 0.375. The first-order chi connectivity index (χ1) is 12.2. The molecule has 0 saturated carbocycles. The number of rotatable bonds is 7. The maximum atomic E-state index is 12.6. The van der Waals surface area contributed by atoms with Crippen molar-refractivity contribution in [3.05, 3.63) is 45.6 Å². The first-order valence-electron chi connectivity index (χ1n) is 7.79. The fourth-order valence-corrected chi connectivity index (χ4v) is 2.51. The molecule has 1 heterocycles. The summed E-state index contributed by atoms with van der Waals surface area (Å²) in [5, 5.41) is 17.4. The van der Waals surface area contributed by atoms with E-state index < -0.39 is 23.5 Å². The normalized spacial score (nSPS) is 12.1. The molecule has 0 bridgehead atoms. The predicted octanol–water partition coefficient (Wildman–Crippen LogP) is 3.60. The number of carbonyl (C=O) groups excluding carboxylic acids is 1. The van der Waals surface area contributed by atoms with E-state index >= 15 is 0 Å². The molecule has 10 heteroatoms. The van der Waals surface area contributed by atoms with Gasteiger partial charge in [-0.05, 0) is 49.0 Å². The molecule has 140 valence electrons. The molecular formula is C16H18F2N4O4. The van der Waals surface area contributed by atoms with Crippen LogP contribution in [0.4, 0.5) is 20.3 Å². The second-order valence-corrected chi connectivity index (χ2v) is 5.61. The van der Waals surface area contributed by atoms with Gasteiger partial charge in [0, 0.05) is 5.69 Å².